The molecular weight excluding hydrogens is 615 g/mol. The number of hydrogen-bond donors (Lipinski definition) is 1. The number of amides is 2. The van der Waals surface area contributed by atoms with E-state index >= 15 is 0 Å². The van der Waals surface area contributed by atoms with Gasteiger partial charge in [0.2, 0.25) is 11.8 Å². The fourth-order valence-corrected chi connectivity index (χ4v) is 6.28. The van der Waals surface area contributed by atoms with Gasteiger partial charge in [-0.1, -0.05) is 78.3 Å². The second-order valence-electron chi connectivity index (χ2n) is 9.84. The molecule has 2 amide bonds. The topological polar surface area (TPSA) is 86.8 Å². The van der Waals surface area contributed by atoms with Crippen LogP contribution in [0.25, 0.3) is 0 Å². The molecule has 0 spiro atoms. The van der Waals surface area contributed by atoms with Gasteiger partial charge >= 0.3 is 6.18 Å². The predicted octanol–water partition coefficient (Wildman–Crippen LogP) is 5.94. The number of sulfonamides is 1. The van der Waals surface area contributed by atoms with Gasteiger partial charge in [0.15, 0.2) is 0 Å². The quantitative estimate of drug-likeness (QED) is 0.219. The van der Waals surface area contributed by atoms with Gasteiger partial charge < -0.3 is 10.2 Å². The standard InChI is InChI=1S/C32H29ClF3N3O4S/c1-37-31(41)29(19-23-10-4-2-5-11-23)38(21-24-12-8-14-26(33)18-24)30(40)22-39(44(42,43)28-16-6-3-7-17-28)27-15-9-13-25(20-27)32(34,35)36/h2-18,20,29H,19,21-22H2,1H3,(H,37,41). The van der Waals surface area contributed by atoms with E-state index in [0.717, 1.165) is 17.7 Å². The number of halogens is 4. The van der Waals surface area contributed by atoms with Gasteiger partial charge in [-0.15, -0.1) is 0 Å². The number of alkyl halides is 3. The van der Waals surface area contributed by atoms with E-state index in [-0.39, 0.29) is 23.5 Å². The van der Waals surface area contributed by atoms with Gasteiger partial charge in [0.25, 0.3) is 10.0 Å². The molecule has 0 aliphatic heterocycles. The highest BCUT2D eigenvalue weighted by molar-refractivity contribution is 7.92. The monoisotopic (exact) mass is 643 g/mol. The normalized spacial score (nSPS) is 12.3. The number of benzene rings is 4. The predicted molar refractivity (Wildman–Crippen MR) is 162 cm³/mol. The van der Waals surface area contributed by atoms with Crippen molar-refractivity contribution in [3.8, 4) is 0 Å². The molecule has 0 radical (unpaired) electrons. The van der Waals surface area contributed by atoms with Crippen LogP contribution in [-0.2, 0) is 38.8 Å². The Morgan fingerprint density at radius 2 is 1.45 bits per heavy atom. The maximum absolute atomic E-state index is 14.2. The van der Waals surface area contributed by atoms with Crippen LogP contribution in [0.4, 0.5) is 18.9 Å². The third-order valence-corrected chi connectivity index (χ3v) is 8.85. The molecule has 7 nitrogen and oxygen atoms in total. The highest BCUT2D eigenvalue weighted by Crippen LogP contribution is 2.33. The van der Waals surface area contributed by atoms with E-state index in [9.17, 15) is 31.2 Å². The Hall–Kier alpha value is -4.35. The second kappa shape index (κ2) is 14.0. The van der Waals surface area contributed by atoms with Gasteiger partial charge in [-0.2, -0.15) is 13.2 Å². The molecule has 0 saturated carbocycles. The van der Waals surface area contributed by atoms with Gasteiger partial charge in [-0.25, -0.2) is 8.42 Å². The van der Waals surface area contributed by atoms with Crippen LogP contribution in [-0.4, -0.2) is 44.8 Å². The van der Waals surface area contributed by atoms with Gasteiger partial charge in [0.1, 0.15) is 12.6 Å². The van der Waals surface area contributed by atoms with E-state index in [1.54, 1.807) is 60.7 Å². The van der Waals surface area contributed by atoms with E-state index in [0.29, 0.717) is 21.0 Å². The zero-order valence-electron chi connectivity index (χ0n) is 23.5. The summed E-state index contributed by atoms with van der Waals surface area (Å²) >= 11 is 6.19. The average Bonchev–Trinajstić information content (AvgIpc) is 3.01. The summed E-state index contributed by atoms with van der Waals surface area (Å²) in [5, 5.41) is 2.95. The summed E-state index contributed by atoms with van der Waals surface area (Å²) in [7, 11) is -3.12. The van der Waals surface area contributed by atoms with E-state index < -0.39 is 46.2 Å². The van der Waals surface area contributed by atoms with Crippen LogP contribution in [0, 0.1) is 0 Å². The lowest BCUT2D eigenvalue weighted by atomic mass is 10.0. The first-order chi connectivity index (χ1) is 20.9. The highest BCUT2D eigenvalue weighted by Gasteiger charge is 2.36. The number of nitrogens with one attached hydrogen (secondary N) is 1. The molecule has 1 atom stereocenters. The van der Waals surface area contributed by atoms with Crippen molar-refractivity contribution in [1.82, 2.24) is 10.2 Å². The van der Waals surface area contributed by atoms with Crippen molar-refractivity contribution < 1.29 is 31.2 Å². The zero-order chi connectivity index (χ0) is 31.9. The maximum atomic E-state index is 14.2. The van der Waals surface area contributed by atoms with Crippen molar-refractivity contribution >= 4 is 39.1 Å². The van der Waals surface area contributed by atoms with Crippen LogP contribution < -0.4 is 9.62 Å². The molecule has 0 aromatic heterocycles. The van der Waals surface area contributed by atoms with Crippen molar-refractivity contribution in [2.24, 2.45) is 0 Å². The lowest BCUT2D eigenvalue weighted by Gasteiger charge is -2.33. The van der Waals surface area contributed by atoms with Crippen LogP contribution in [0.2, 0.25) is 5.02 Å². The minimum atomic E-state index is -4.76. The minimum absolute atomic E-state index is 0.0851. The number of rotatable bonds is 11. The van der Waals surface area contributed by atoms with Gasteiger partial charge in [-0.05, 0) is 53.6 Å². The molecule has 1 N–H and O–H groups in total. The summed E-state index contributed by atoms with van der Waals surface area (Å²) in [4.78, 5) is 28.5. The molecule has 230 valence electrons. The Balaban J connectivity index is 1.82. The van der Waals surface area contributed by atoms with Crippen LogP contribution in [0.1, 0.15) is 16.7 Å². The Morgan fingerprint density at radius 1 is 0.841 bits per heavy atom. The Bertz CT molecular complexity index is 1700. The molecule has 4 aromatic rings. The number of nitrogens with zero attached hydrogens (tertiary/aromatic N) is 2. The maximum Gasteiger partial charge on any atom is 0.416 e. The molecule has 0 fully saturated rings. The molecule has 0 aliphatic carbocycles. The molecule has 0 heterocycles. The highest BCUT2D eigenvalue weighted by atomic mass is 35.5. The van der Waals surface area contributed by atoms with Crippen molar-refractivity contribution in [2.45, 2.75) is 30.1 Å². The SMILES string of the molecule is CNC(=O)C(Cc1ccccc1)N(Cc1cccc(Cl)c1)C(=O)CN(c1cccc(C(F)(F)F)c1)S(=O)(=O)c1ccccc1. The third-order valence-electron chi connectivity index (χ3n) is 6.83. The number of carbonyl (C=O) groups excluding carboxylic acids is 2. The second-order valence-corrected chi connectivity index (χ2v) is 12.1. The number of hydrogen-bond acceptors (Lipinski definition) is 4. The molecule has 4 rings (SSSR count). The molecule has 0 saturated heterocycles. The number of anilines is 1. The first kappa shape index (κ1) is 32.6. The fraction of sp³-hybridized carbons (Fsp3) is 0.188. The van der Waals surface area contributed by atoms with Crippen LogP contribution >= 0.6 is 11.6 Å². The van der Waals surface area contributed by atoms with E-state index in [1.165, 1.54) is 42.3 Å². The molecule has 1 unspecified atom stereocenters. The first-order valence-electron chi connectivity index (χ1n) is 13.4. The molecule has 44 heavy (non-hydrogen) atoms. The van der Waals surface area contributed by atoms with Gasteiger partial charge in [0, 0.05) is 25.0 Å². The molecule has 0 aliphatic rings. The van der Waals surface area contributed by atoms with Crippen LogP contribution in [0.3, 0.4) is 0 Å². The Labute approximate surface area is 258 Å². The van der Waals surface area contributed by atoms with E-state index in [4.69, 9.17) is 11.6 Å². The molecule has 12 heteroatoms. The van der Waals surface area contributed by atoms with Crippen LogP contribution in [0.5, 0.6) is 0 Å². The Morgan fingerprint density at radius 3 is 2.07 bits per heavy atom. The molecular formula is C32H29ClF3N3O4S. The summed E-state index contributed by atoms with van der Waals surface area (Å²) in [6.45, 7) is -1.02. The molecule has 4 aromatic carbocycles. The average molecular weight is 644 g/mol. The summed E-state index contributed by atoms with van der Waals surface area (Å²) < 4.78 is 69.4. The summed E-state index contributed by atoms with van der Waals surface area (Å²) in [5.74, 6) is -1.33. The third kappa shape index (κ3) is 7.97. The number of carbonyl (C=O) groups is 2. The van der Waals surface area contributed by atoms with Gasteiger partial charge in [-0.3, -0.25) is 13.9 Å². The van der Waals surface area contributed by atoms with E-state index in [1.807, 2.05) is 0 Å². The largest absolute Gasteiger partial charge is 0.416 e. The lowest BCUT2D eigenvalue weighted by Crippen LogP contribution is -2.53. The van der Waals surface area contributed by atoms with Crippen molar-refractivity contribution in [1.29, 1.82) is 0 Å². The first-order valence-corrected chi connectivity index (χ1v) is 15.3. The minimum Gasteiger partial charge on any atom is -0.357 e. The van der Waals surface area contributed by atoms with Crippen molar-refractivity contribution in [3.63, 3.8) is 0 Å². The smallest absolute Gasteiger partial charge is 0.357 e. The molecule has 0 bridgehead atoms. The Kier molecular flexibility index (Phi) is 10.3. The number of likely N-dealkylation sites (N-methyl/N-ethyl adjacent to an activating group) is 1. The zero-order valence-corrected chi connectivity index (χ0v) is 25.1. The van der Waals surface area contributed by atoms with Crippen molar-refractivity contribution in [3.05, 3.63) is 131 Å². The van der Waals surface area contributed by atoms with Crippen molar-refractivity contribution in [2.75, 3.05) is 17.9 Å². The van der Waals surface area contributed by atoms with Crippen LogP contribution in [0.15, 0.2) is 114 Å². The van der Waals surface area contributed by atoms with E-state index in [2.05, 4.69) is 5.32 Å². The summed E-state index contributed by atoms with van der Waals surface area (Å²) in [6, 6.07) is 25.3. The van der Waals surface area contributed by atoms with Gasteiger partial charge in [0.05, 0.1) is 16.1 Å². The fourth-order valence-electron chi connectivity index (χ4n) is 4.64. The summed E-state index contributed by atoms with van der Waals surface area (Å²) in [5.41, 5.74) is -0.154. The summed E-state index contributed by atoms with van der Waals surface area (Å²) in [6.07, 6.45) is -4.68. The lowest BCUT2D eigenvalue weighted by molar-refractivity contribution is -0.139.